The molecule has 6 heteroatoms. The summed E-state index contributed by atoms with van der Waals surface area (Å²) in [5.74, 6) is -0.281. The van der Waals surface area contributed by atoms with Crippen LogP contribution >= 0.6 is 0 Å². The van der Waals surface area contributed by atoms with Crippen molar-refractivity contribution in [3.63, 3.8) is 0 Å². The Morgan fingerprint density at radius 2 is 1.70 bits per heavy atom. The lowest BCUT2D eigenvalue weighted by Gasteiger charge is -2.16. The molecule has 0 saturated carbocycles. The standard InChI is InChI=1S/C21H23N3O3/c1-14(2)24-20(26)17-6-4-5-7-18(17)23(21(24)27)13-19(25)22-12-16-10-8-15(3)9-11-16/h4-11,14H,12-13H2,1-3H3,(H,22,25). The molecule has 0 aliphatic carbocycles. The van der Waals surface area contributed by atoms with Crippen LogP contribution in [0.1, 0.15) is 31.0 Å². The molecule has 0 spiro atoms. The van der Waals surface area contributed by atoms with Gasteiger partial charge in [0.25, 0.3) is 5.56 Å². The van der Waals surface area contributed by atoms with Crippen molar-refractivity contribution in [1.82, 2.24) is 14.5 Å². The number of amides is 1. The van der Waals surface area contributed by atoms with E-state index in [1.54, 1.807) is 38.1 Å². The minimum atomic E-state index is -0.473. The molecule has 6 nitrogen and oxygen atoms in total. The number of benzene rings is 2. The Labute approximate surface area is 157 Å². The first-order valence-corrected chi connectivity index (χ1v) is 8.95. The van der Waals surface area contributed by atoms with Crippen molar-refractivity contribution in [2.24, 2.45) is 0 Å². The fraction of sp³-hybridized carbons (Fsp3) is 0.286. The molecule has 3 aromatic rings. The van der Waals surface area contributed by atoms with Gasteiger partial charge in [-0.1, -0.05) is 42.0 Å². The first-order valence-electron chi connectivity index (χ1n) is 8.95. The van der Waals surface area contributed by atoms with E-state index < -0.39 is 5.69 Å². The minimum Gasteiger partial charge on any atom is -0.350 e. The topological polar surface area (TPSA) is 73.1 Å². The zero-order chi connectivity index (χ0) is 19.6. The second-order valence-electron chi connectivity index (χ2n) is 6.92. The van der Waals surface area contributed by atoms with E-state index in [0.29, 0.717) is 17.4 Å². The van der Waals surface area contributed by atoms with Crippen LogP contribution in [-0.2, 0) is 17.9 Å². The molecule has 0 aliphatic heterocycles. The quantitative estimate of drug-likeness (QED) is 0.754. The molecule has 27 heavy (non-hydrogen) atoms. The van der Waals surface area contributed by atoms with Crippen LogP contribution in [0.3, 0.4) is 0 Å². The molecule has 140 valence electrons. The number of carbonyl (C=O) groups excluding carboxylic acids is 1. The number of carbonyl (C=O) groups is 1. The van der Waals surface area contributed by atoms with Crippen LogP contribution in [-0.4, -0.2) is 15.0 Å². The molecule has 0 bridgehead atoms. The Kier molecular flexibility index (Phi) is 5.26. The number of hydrogen-bond donors (Lipinski definition) is 1. The third-order valence-corrected chi connectivity index (χ3v) is 4.51. The predicted octanol–water partition coefficient (Wildman–Crippen LogP) is 2.37. The summed E-state index contributed by atoms with van der Waals surface area (Å²) in [6.45, 7) is 5.80. The third kappa shape index (κ3) is 3.84. The molecule has 0 aliphatic rings. The van der Waals surface area contributed by atoms with Gasteiger partial charge in [-0.3, -0.25) is 18.7 Å². The van der Waals surface area contributed by atoms with Gasteiger partial charge in [-0.15, -0.1) is 0 Å². The largest absolute Gasteiger partial charge is 0.350 e. The number of rotatable bonds is 5. The van der Waals surface area contributed by atoms with Crippen LogP contribution in [0, 0.1) is 6.92 Å². The average Bonchev–Trinajstić information content (AvgIpc) is 2.64. The summed E-state index contributed by atoms with van der Waals surface area (Å²) in [6.07, 6.45) is 0. The molecule has 1 heterocycles. The lowest BCUT2D eigenvalue weighted by Crippen LogP contribution is -2.43. The number of aryl methyl sites for hydroxylation is 1. The number of hydrogen-bond acceptors (Lipinski definition) is 3. The molecule has 0 saturated heterocycles. The summed E-state index contributed by atoms with van der Waals surface area (Å²) in [6, 6.07) is 14.5. The lowest BCUT2D eigenvalue weighted by atomic mass is 10.1. The molecule has 1 aromatic heterocycles. The van der Waals surface area contributed by atoms with Crippen LogP contribution in [0.15, 0.2) is 58.1 Å². The van der Waals surface area contributed by atoms with Crippen molar-refractivity contribution >= 4 is 16.8 Å². The Morgan fingerprint density at radius 1 is 1.04 bits per heavy atom. The van der Waals surface area contributed by atoms with E-state index in [-0.39, 0.29) is 24.1 Å². The van der Waals surface area contributed by atoms with Crippen LogP contribution < -0.4 is 16.6 Å². The van der Waals surface area contributed by atoms with Gasteiger partial charge in [0.1, 0.15) is 6.54 Å². The van der Waals surface area contributed by atoms with Crippen molar-refractivity contribution in [3.8, 4) is 0 Å². The zero-order valence-corrected chi connectivity index (χ0v) is 15.7. The summed E-state index contributed by atoms with van der Waals surface area (Å²) in [5, 5.41) is 3.26. The summed E-state index contributed by atoms with van der Waals surface area (Å²) in [4.78, 5) is 37.9. The fourth-order valence-electron chi connectivity index (χ4n) is 3.05. The Bertz CT molecular complexity index is 1090. The van der Waals surface area contributed by atoms with Gasteiger partial charge in [-0.25, -0.2) is 4.79 Å². The second kappa shape index (κ2) is 7.61. The van der Waals surface area contributed by atoms with Gasteiger partial charge in [-0.2, -0.15) is 0 Å². The number of aromatic nitrogens is 2. The molecular weight excluding hydrogens is 342 g/mol. The first-order chi connectivity index (χ1) is 12.9. The van der Waals surface area contributed by atoms with Crippen LogP contribution in [0.25, 0.3) is 10.9 Å². The summed E-state index contributed by atoms with van der Waals surface area (Å²) in [5.41, 5.74) is 1.80. The van der Waals surface area contributed by atoms with Gasteiger partial charge < -0.3 is 5.32 Å². The average molecular weight is 365 g/mol. The summed E-state index contributed by atoms with van der Waals surface area (Å²) >= 11 is 0. The van der Waals surface area contributed by atoms with E-state index in [2.05, 4.69) is 5.32 Å². The highest BCUT2D eigenvalue weighted by Gasteiger charge is 2.16. The highest BCUT2D eigenvalue weighted by atomic mass is 16.2. The number of para-hydroxylation sites is 1. The maximum Gasteiger partial charge on any atom is 0.332 e. The van der Waals surface area contributed by atoms with E-state index in [9.17, 15) is 14.4 Å². The van der Waals surface area contributed by atoms with Gasteiger partial charge in [0.15, 0.2) is 0 Å². The zero-order valence-electron chi connectivity index (χ0n) is 15.7. The normalized spacial score (nSPS) is 11.1. The summed E-state index contributed by atoms with van der Waals surface area (Å²) in [7, 11) is 0. The van der Waals surface area contributed by atoms with E-state index in [1.165, 1.54) is 9.13 Å². The number of nitrogens with zero attached hydrogens (tertiary/aromatic N) is 2. The molecule has 0 fully saturated rings. The molecule has 1 N–H and O–H groups in total. The summed E-state index contributed by atoms with van der Waals surface area (Å²) < 4.78 is 2.55. The Morgan fingerprint density at radius 3 is 2.37 bits per heavy atom. The van der Waals surface area contributed by atoms with Crippen LogP contribution in [0.2, 0.25) is 0 Å². The van der Waals surface area contributed by atoms with E-state index >= 15 is 0 Å². The molecular formula is C21H23N3O3. The van der Waals surface area contributed by atoms with Crippen molar-refractivity contribution in [2.75, 3.05) is 0 Å². The van der Waals surface area contributed by atoms with E-state index in [1.807, 2.05) is 31.2 Å². The van der Waals surface area contributed by atoms with Crippen molar-refractivity contribution in [2.45, 2.75) is 39.9 Å². The SMILES string of the molecule is Cc1ccc(CNC(=O)Cn2c(=O)n(C(C)C)c(=O)c3ccccc32)cc1. The van der Waals surface area contributed by atoms with Crippen LogP contribution in [0.4, 0.5) is 0 Å². The van der Waals surface area contributed by atoms with Crippen molar-refractivity contribution in [1.29, 1.82) is 0 Å². The number of nitrogens with one attached hydrogen (secondary N) is 1. The molecule has 0 radical (unpaired) electrons. The van der Waals surface area contributed by atoms with Gasteiger partial charge in [-0.05, 0) is 38.5 Å². The molecule has 2 aromatic carbocycles. The first kappa shape index (κ1) is 18.6. The maximum atomic E-state index is 12.8. The lowest BCUT2D eigenvalue weighted by molar-refractivity contribution is -0.121. The van der Waals surface area contributed by atoms with Gasteiger partial charge in [0.2, 0.25) is 5.91 Å². The monoisotopic (exact) mass is 365 g/mol. The highest BCUT2D eigenvalue weighted by Crippen LogP contribution is 2.09. The van der Waals surface area contributed by atoms with Gasteiger partial charge in [0, 0.05) is 12.6 Å². The van der Waals surface area contributed by atoms with Crippen molar-refractivity contribution < 1.29 is 4.79 Å². The Hall–Kier alpha value is -3.15. The van der Waals surface area contributed by atoms with Crippen LogP contribution in [0.5, 0.6) is 0 Å². The predicted molar refractivity (Wildman–Crippen MR) is 106 cm³/mol. The fourth-order valence-corrected chi connectivity index (χ4v) is 3.05. The second-order valence-corrected chi connectivity index (χ2v) is 6.92. The van der Waals surface area contributed by atoms with Crippen molar-refractivity contribution in [3.05, 3.63) is 80.5 Å². The smallest absolute Gasteiger partial charge is 0.332 e. The molecule has 0 unspecified atom stereocenters. The molecule has 0 atom stereocenters. The number of fused-ring (bicyclic) bond motifs is 1. The molecule has 1 amide bonds. The van der Waals surface area contributed by atoms with Gasteiger partial charge >= 0.3 is 5.69 Å². The maximum absolute atomic E-state index is 12.8. The third-order valence-electron chi connectivity index (χ3n) is 4.51. The van der Waals surface area contributed by atoms with E-state index in [4.69, 9.17) is 0 Å². The molecule has 3 rings (SSSR count). The highest BCUT2D eigenvalue weighted by molar-refractivity contribution is 5.81. The minimum absolute atomic E-state index is 0.141. The Balaban J connectivity index is 1.92. The van der Waals surface area contributed by atoms with E-state index in [0.717, 1.165) is 11.1 Å². The van der Waals surface area contributed by atoms with Gasteiger partial charge in [0.05, 0.1) is 10.9 Å².